The number of methoxy groups -OCH3 is 2. The Kier molecular flexibility index (Phi) is 4.56. The molecule has 0 aliphatic carbocycles. The lowest BCUT2D eigenvalue weighted by molar-refractivity contribution is -0.133. The van der Waals surface area contributed by atoms with Gasteiger partial charge in [-0.15, -0.1) is 0 Å². The fourth-order valence-electron chi connectivity index (χ4n) is 1.89. The number of ether oxygens (including phenoxy) is 2. The summed E-state index contributed by atoms with van der Waals surface area (Å²) in [5, 5.41) is 0. The maximum absolute atomic E-state index is 11.9. The third kappa shape index (κ3) is 3.26. The minimum atomic E-state index is -0.362. The second kappa shape index (κ2) is 6.57. The molecule has 2 aromatic carbocycles. The average Bonchev–Trinajstić information content (AvgIpc) is 2.53. The second-order valence-electron chi connectivity index (χ2n) is 4.19. The third-order valence-electron chi connectivity index (χ3n) is 2.89. The molecule has 0 N–H and O–H groups in total. The van der Waals surface area contributed by atoms with Gasteiger partial charge in [0.1, 0.15) is 5.75 Å². The van der Waals surface area contributed by atoms with Crippen molar-refractivity contribution < 1.29 is 14.3 Å². The SMILES string of the molecule is COC(=O)C(=Cc1cccc(OC)c1)c1ccccc1. The minimum Gasteiger partial charge on any atom is -0.497 e. The van der Waals surface area contributed by atoms with Crippen LogP contribution in [0.4, 0.5) is 0 Å². The first kappa shape index (κ1) is 13.9. The fraction of sp³-hybridized carbons (Fsp3) is 0.118. The van der Waals surface area contributed by atoms with E-state index in [1.807, 2.05) is 54.6 Å². The standard InChI is InChI=1S/C17H16O3/c1-19-15-10-6-7-13(11-15)12-16(17(18)20-2)14-8-4-3-5-9-14/h3-12H,1-2H3. The summed E-state index contributed by atoms with van der Waals surface area (Å²) in [7, 11) is 2.99. The smallest absolute Gasteiger partial charge is 0.338 e. The van der Waals surface area contributed by atoms with Crippen LogP contribution in [-0.2, 0) is 9.53 Å². The molecule has 0 radical (unpaired) electrons. The molecular formula is C17H16O3. The number of rotatable bonds is 4. The number of carbonyl (C=O) groups excluding carboxylic acids is 1. The maximum Gasteiger partial charge on any atom is 0.338 e. The Morgan fingerprint density at radius 3 is 2.40 bits per heavy atom. The zero-order chi connectivity index (χ0) is 14.4. The van der Waals surface area contributed by atoms with Crippen LogP contribution in [0.3, 0.4) is 0 Å². The maximum atomic E-state index is 11.9. The summed E-state index contributed by atoms with van der Waals surface area (Å²) in [6, 6.07) is 17.0. The largest absolute Gasteiger partial charge is 0.497 e. The van der Waals surface area contributed by atoms with Crippen LogP contribution in [0.2, 0.25) is 0 Å². The fourth-order valence-corrected chi connectivity index (χ4v) is 1.89. The monoisotopic (exact) mass is 268 g/mol. The molecule has 0 atom stereocenters. The Bertz CT molecular complexity index is 615. The lowest BCUT2D eigenvalue weighted by Gasteiger charge is -2.07. The van der Waals surface area contributed by atoms with E-state index in [4.69, 9.17) is 9.47 Å². The summed E-state index contributed by atoms with van der Waals surface area (Å²) in [4.78, 5) is 11.9. The first-order valence-corrected chi connectivity index (χ1v) is 6.24. The van der Waals surface area contributed by atoms with Crippen molar-refractivity contribution in [2.45, 2.75) is 0 Å². The molecule has 2 rings (SSSR count). The van der Waals surface area contributed by atoms with E-state index in [1.165, 1.54) is 7.11 Å². The van der Waals surface area contributed by atoms with Crippen LogP contribution in [0.15, 0.2) is 54.6 Å². The minimum absolute atomic E-state index is 0.362. The van der Waals surface area contributed by atoms with Gasteiger partial charge >= 0.3 is 5.97 Å². The molecule has 0 amide bonds. The van der Waals surface area contributed by atoms with Crippen molar-refractivity contribution >= 4 is 17.6 Å². The van der Waals surface area contributed by atoms with Crippen LogP contribution in [0, 0.1) is 0 Å². The molecule has 20 heavy (non-hydrogen) atoms. The number of hydrogen-bond acceptors (Lipinski definition) is 3. The second-order valence-corrected chi connectivity index (χ2v) is 4.19. The van der Waals surface area contributed by atoms with Crippen molar-refractivity contribution in [2.24, 2.45) is 0 Å². The summed E-state index contributed by atoms with van der Waals surface area (Å²) < 4.78 is 10.0. The molecule has 0 saturated heterocycles. The van der Waals surface area contributed by atoms with Gasteiger partial charge in [0.2, 0.25) is 0 Å². The van der Waals surface area contributed by atoms with Gasteiger partial charge in [-0.2, -0.15) is 0 Å². The van der Waals surface area contributed by atoms with Crippen LogP contribution >= 0.6 is 0 Å². The molecule has 102 valence electrons. The normalized spacial score (nSPS) is 11.0. The van der Waals surface area contributed by atoms with Crippen LogP contribution in [0.1, 0.15) is 11.1 Å². The Balaban J connectivity index is 2.45. The Morgan fingerprint density at radius 1 is 1.00 bits per heavy atom. The topological polar surface area (TPSA) is 35.5 Å². The van der Waals surface area contributed by atoms with E-state index >= 15 is 0 Å². The van der Waals surface area contributed by atoms with Crippen LogP contribution in [0.25, 0.3) is 11.6 Å². The van der Waals surface area contributed by atoms with E-state index in [-0.39, 0.29) is 5.97 Å². The third-order valence-corrected chi connectivity index (χ3v) is 2.89. The highest BCUT2D eigenvalue weighted by atomic mass is 16.5. The van der Waals surface area contributed by atoms with E-state index < -0.39 is 0 Å². The molecule has 0 aliphatic heterocycles. The summed E-state index contributed by atoms with van der Waals surface area (Å²) in [5.41, 5.74) is 2.22. The molecule has 0 bridgehead atoms. The number of benzene rings is 2. The Morgan fingerprint density at radius 2 is 1.75 bits per heavy atom. The van der Waals surface area contributed by atoms with E-state index in [9.17, 15) is 4.79 Å². The molecule has 0 fully saturated rings. The lowest BCUT2D eigenvalue weighted by Crippen LogP contribution is -2.03. The highest BCUT2D eigenvalue weighted by molar-refractivity contribution is 6.21. The lowest BCUT2D eigenvalue weighted by atomic mass is 10.0. The number of hydrogen-bond donors (Lipinski definition) is 0. The molecule has 0 aromatic heterocycles. The van der Waals surface area contributed by atoms with Crippen molar-refractivity contribution in [3.8, 4) is 5.75 Å². The van der Waals surface area contributed by atoms with Crippen LogP contribution in [-0.4, -0.2) is 20.2 Å². The molecule has 0 heterocycles. The summed E-state index contributed by atoms with van der Waals surface area (Å²) >= 11 is 0. The highest BCUT2D eigenvalue weighted by Crippen LogP contribution is 2.21. The summed E-state index contributed by atoms with van der Waals surface area (Å²) in [5.74, 6) is 0.384. The van der Waals surface area contributed by atoms with E-state index in [2.05, 4.69) is 0 Å². The van der Waals surface area contributed by atoms with Crippen molar-refractivity contribution in [1.82, 2.24) is 0 Å². The van der Waals surface area contributed by atoms with Gasteiger partial charge < -0.3 is 9.47 Å². The predicted molar refractivity (Wildman–Crippen MR) is 79.3 cm³/mol. The zero-order valence-electron chi connectivity index (χ0n) is 11.5. The van der Waals surface area contributed by atoms with E-state index in [1.54, 1.807) is 13.2 Å². The van der Waals surface area contributed by atoms with Gasteiger partial charge in [-0.3, -0.25) is 0 Å². The molecule has 0 spiro atoms. The molecular weight excluding hydrogens is 252 g/mol. The first-order chi connectivity index (χ1) is 9.74. The van der Waals surface area contributed by atoms with Gasteiger partial charge in [0.15, 0.2) is 0 Å². The molecule has 3 nitrogen and oxygen atoms in total. The molecule has 0 unspecified atom stereocenters. The van der Waals surface area contributed by atoms with Crippen molar-refractivity contribution in [1.29, 1.82) is 0 Å². The molecule has 0 saturated carbocycles. The van der Waals surface area contributed by atoms with E-state index in [0.717, 1.165) is 16.9 Å². The van der Waals surface area contributed by atoms with Gasteiger partial charge in [0.05, 0.1) is 19.8 Å². The molecule has 0 aliphatic rings. The van der Waals surface area contributed by atoms with Gasteiger partial charge in [-0.25, -0.2) is 4.79 Å². The number of carbonyl (C=O) groups is 1. The van der Waals surface area contributed by atoms with Gasteiger partial charge in [0.25, 0.3) is 0 Å². The van der Waals surface area contributed by atoms with Gasteiger partial charge in [-0.1, -0.05) is 42.5 Å². The van der Waals surface area contributed by atoms with Crippen LogP contribution < -0.4 is 4.74 Å². The summed E-state index contributed by atoms with van der Waals surface area (Å²) in [6.45, 7) is 0. The average molecular weight is 268 g/mol. The quantitative estimate of drug-likeness (QED) is 0.484. The first-order valence-electron chi connectivity index (χ1n) is 6.24. The predicted octanol–water partition coefficient (Wildman–Crippen LogP) is 3.41. The number of esters is 1. The Hall–Kier alpha value is -2.55. The highest BCUT2D eigenvalue weighted by Gasteiger charge is 2.12. The van der Waals surface area contributed by atoms with Crippen molar-refractivity contribution in [2.75, 3.05) is 14.2 Å². The molecule has 2 aromatic rings. The summed E-state index contributed by atoms with van der Waals surface area (Å²) in [6.07, 6.45) is 1.80. The Labute approximate surface area is 118 Å². The van der Waals surface area contributed by atoms with Crippen LogP contribution in [0.5, 0.6) is 5.75 Å². The zero-order valence-corrected chi connectivity index (χ0v) is 11.5. The van der Waals surface area contributed by atoms with Crippen molar-refractivity contribution in [3.05, 3.63) is 65.7 Å². The van der Waals surface area contributed by atoms with Gasteiger partial charge in [0, 0.05) is 0 Å². The molecule has 3 heteroatoms. The van der Waals surface area contributed by atoms with Gasteiger partial charge in [-0.05, 0) is 29.3 Å². The van der Waals surface area contributed by atoms with E-state index in [0.29, 0.717) is 5.57 Å². The van der Waals surface area contributed by atoms with Crippen molar-refractivity contribution in [3.63, 3.8) is 0 Å².